The van der Waals surface area contributed by atoms with Gasteiger partial charge in [0.2, 0.25) is 5.78 Å². The number of aromatic amines is 3. The number of fused-ring (bicyclic) bond motifs is 1. The third kappa shape index (κ3) is 3.23. The lowest BCUT2D eigenvalue weighted by molar-refractivity contribution is -0.0845. The van der Waals surface area contributed by atoms with E-state index in [0.717, 1.165) is 11.8 Å². The van der Waals surface area contributed by atoms with E-state index in [1.165, 1.54) is 0 Å². The summed E-state index contributed by atoms with van der Waals surface area (Å²) >= 11 is 1.09. The van der Waals surface area contributed by atoms with Crippen molar-refractivity contribution in [3.63, 3.8) is 0 Å². The van der Waals surface area contributed by atoms with Gasteiger partial charge >= 0.3 is 0 Å². The molecular formula is C19H16N6O6S. The van der Waals surface area contributed by atoms with Gasteiger partial charge in [0.15, 0.2) is 23.3 Å². The van der Waals surface area contributed by atoms with Crippen LogP contribution in [0.4, 0.5) is 0 Å². The number of benzene rings is 1. The molecule has 12 nitrogen and oxygen atoms in total. The molecule has 13 heteroatoms. The Morgan fingerprint density at radius 2 is 1.62 bits per heavy atom. The van der Waals surface area contributed by atoms with Crippen LogP contribution in [0, 0.1) is 0 Å². The highest BCUT2D eigenvalue weighted by atomic mass is 32.2. The van der Waals surface area contributed by atoms with Gasteiger partial charge in [-0.3, -0.25) is 9.59 Å². The molecule has 3 aromatic heterocycles. The molecular weight excluding hydrogens is 440 g/mol. The van der Waals surface area contributed by atoms with Crippen LogP contribution >= 0.6 is 11.8 Å². The molecule has 0 saturated carbocycles. The monoisotopic (exact) mass is 456 g/mol. The molecule has 0 fully saturated rings. The van der Waals surface area contributed by atoms with Gasteiger partial charge in [0.1, 0.15) is 35.0 Å². The quantitative estimate of drug-likeness (QED) is 0.214. The molecule has 0 aliphatic carbocycles. The molecule has 0 spiro atoms. The number of imidazole rings is 3. The normalized spacial score (nSPS) is 23.9. The van der Waals surface area contributed by atoms with Crippen molar-refractivity contribution in [1.29, 1.82) is 0 Å². The molecule has 0 radical (unpaired) electrons. The lowest BCUT2D eigenvalue weighted by atomic mass is 9.94. The van der Waals surface area contributed by atoms with Gasteiger partial charge in [0.25, 0.3) is 0 Å². The van der Waals surface area contributed by atoms with Crippen LogP contribution in [-0.4, -0.2) is 86.3 Å². The molecule has 1 aromatic carbocycles. The minimum Gasteiger partial charge on any atom is -0.387 e. The zero-order valence-electron chi connectivity index (χ0n) is 16.1. The van der Waals surface area contributed by atoms with Gasteiger partial charge in [0, 0.05) is 23.5 Å². The van der Waals surface area contributed by atoms with E-state index in [9.17, 15) is 30.0 Å². The van der Waals surface area contributed by atoms with E-state index in [1.54, 1.807) is 30.7 Å². The fourth-order valence-corrected chi connectivity index (χ4v) is 4.37. The Morgan fingerprint density at radius 3 is 2.34 bits per heavy atom. The maximum absolute atomic E-state index is 13.1. The Morgan fingerprint density at radius 1 is 0.875 bits per heavy atom. The SMILES string of the molecule is O=C1c2nc3c(c(Sc4c[nH]c(-c5ncc[nH]5)n4)ccc3[nH]2)C(=O)C(O)C(O)C(O)C1O. The number of hydrogen-bond donors (Lipinski definition) is 7. The summed E-state index contributed by atoms with van der Waals surface area (Å²) < 4.78 is 0. The summed E-state index contributed by atoms with van der Waals surface area (Å²) in [4.78, 5) is 47.2. The topological polar surface area (TPSA) is 201 Å². The molecule has 7 N–H and O–H groups in total. The van der Waals surface area contributed by atoms with Crippen LogP contribution in [0.5, 0.6) is 0 Å². The number of aromatic nitrogens is 6. The van der Waals surface area contributed by atoms with Crippen LogP contribution in [0.15, 0.2) is 40.6 Å². The number of H-pyrrole nitrogens is 3. The van der Waals surface area contributed by atoms with Gasteiger partial charge in [-0.05, 0) is 12.1 Å². The number of carbonyl (C=O) groups excluding carboxylic acids is 2. The molecule has 4 aromatic rings. The van der Waals surface area contributed by atoms with Crippen LogP contribution in [0.3, 0.4) is 0 Å². The average molecular weight is 456 g/mol. The summed E-state index contributed by atoms with van der Waals surface area (Å²) in [7, 11) is 0. The predicted octanol–water partition coefficient (Wildman–Crippen LogP) is -0.350. The zero-order chi connectivity index (χ0) is 22.6. The standard InChI is InChI=1S/C19H16N6O6S/c26-11-9-7(32-8-5-22-19(24-8)18-20-3-4-21-18)2-1-6-10(9)25-17(23-6)16(31)15(30)14(29)13(28)12(11)27/h1-5,12-15,27-30H,(H,20,21)(H,22,24)(H,23,25). The van der Waals surface area contributed by atoms with Crippen LogP contribution in [0.25, 0.3) is 22.7 Å². The lowest BCUT2D eigenvalue weighted by Gasteiger charge is -2.25. The highest BCUT2D eigenvalue weighted by Crippen LogP contribution is 2.35. The first-order chi connectivity index (χ1) is 15.3. The number of nitrogens with one attached hydrogen (secondary N) is 3. The molecule has 4 atom stereocenters. The van der Waals surface area contributed by atoms with E-state index < -0.39 is 36.0 Å². The molecule has 2 bridgehead atoms. The number of ketones is 2. The van der Waals surface area contributed by atoms with Crippen molar-refractivity contribution in [3.05, 3.63) is 42.1 Å². The van der Waals surface area contributed by atoms with Crippen molar-refractivity contribution in [2.45, 2.75) is 34.3 Å². The number of rotatable bonds is 3. The number of carbonyl (C=O) groups is 2. The van der Waals surface area contributed by atoms with Crippen LogP contribution in [-0.2, 0) is 0 Å². The molecule has 1 aliphatic rings. The molecule has 4 heterocycles. The fourth-order valence-electron chi connectivity index (χ4n) is 3.45. The third-order valence-electron chi connectivity index (χ3n) is 5.12. The smallest absolute Gasteiger partial charge is 0.229 e. The zero-order valence-corrected chi connectivity index (χ0v) is 16.9. The number of aliphatic hydroxyl groups is 4. The van der Waals surface area contributed by atoms with Crippen molar-refractivity contribution in [2.24, 2.45) is 0 Å². The van der Waals surface area contributed by atoms with Crippen molar-refractivity contribution in [3.8, 4) is 11.6 Å². The van der Waals surface area contributed by atoms with Crippen LogP contribution in [0.1, 0.15) is 21.0 Å². The van der Waals surface area contributed by atoms with Crippen molar-refractivity contribution in [2.75, 3.05) is 0 Å². The molecule has 164 valence electrons. The van der Waals surface area contributed by atoms with E-state index in [4.69, 9.17) is 0 Å². The summed E-state index contributed by atoms with van der Waals surface area (Å²) in [6.07, 6.45) is -3.54. The maximum Gasteiger partial charge on any atom is 0.229 e. The van der Waals surface area contributed by atoms with Gasteiger partial charge in [-0.25, -0.2) is 15.0 Å². The van der Waals surface area contributed by atoms with Crippen LogP contribution in [0.2, 0.25) is 0 Å². The average Bonchev–Trinajstić information content (AvgIpc) is 3.55. The van der Waals surface area contributed by atoms with Crippen LogP contribution < -0.4 is 0 Å². The van der Waals surface area contributed by atoms with Gasteiger partial charge < -0.3 is 35.4 Å². The minimum atomic E-state index is -2.10. The minimum absolute atomic E-state index is 0.0551. The second kappa shape index (κ2) is 7.65. The second-order valence-corrected chi connectivity index (χ2v) is 8.21. The van der Waals surface area contributed by atoms with E-state index in [2.05, 4.69) is 29.9 Å². The Hall–Kier alpha value is -3.36. The Kier molecular flexibility index (Phi) is 4.91. The summed E-state index contributed by atoms with van der Waals surface area (Å²) in [5.41, 5.74) is 0.338. The van der Waals surface area contributed by atoms with Gasteiger partial charge in [-0.1, -0.05) is 11.8 Å². The van der Waals surface area contributed by atoms with Gasteiger partial charge in [0.05, 0.1) is 11.1 Å². The first-order valence-corrected chi connectivity index (χ1v) is 10.2. The highest BCUT2D eigenvalue weighted by Gasteiger charge is 2.41. The predicted molar refractivity (Wildman–Crippen MR) is 109 cm³/mol. The van der Waals surface area contributed by atoms with Crippen molar-refractivity contribution in [1.82, 2.24) is 29.9 Å². The molecule has 32 heavy (non-hydrogen) atoms. The molecule has 0 saturated heterocycles. The summed E-state index contributed by atoms with van der Waals surface area (Å²) in [6.45, 7) is 0. The van der Waals surface area contributed by atoms with E-state index in [-0.39, 0.29) is 16.9 Å². The first-order valence-electron chi connectivity index (χ1n) is 9.41. The second-order valence-electron chi connectivity index (χ2n) is 7.15. The molecule has 0 amide bonds. The maximum atomic E-state index is 13.1. The number of Topliss-reactive ketones (excluding diaryl/α,β-unsaturated/α-hetero) is 2. The third-order valence-corrected chi connectivity index (χ3v) is 6.10. The summed E-state index contributed by atoms with van der Waals surface area (Å²) in [5.74, 6) is -1.20. The fraction of sp³-hybridized carbons (Fsp3) is 0.211. The summed E-state index contributed by atoms with van der Waals surface area (Å²) in [6, 6.07) is 3.17. The Balaban J connectivity index is 1.62. The molecule has 5 rings (SSSR count). The summed E-state index contributed by atoms with van der Waals surface area (Å²) in [5, 5.41) is 41.3. The van der Waals surface area contributed by atoms with Gasteiger partial charge in [-0.15, -0.1) is 0 Å². The van der Waals surface area contributed by atoms with Crippen molar-refractivity contribution < 1.29 is 30.0 Å². The van der Waals surface area contributed by atoms with Crippen molar-refractivity contribution >= 4 is 34.4 Å². The molecule has 4 unspecified atom stereocenters. The first kappa shape index (κ1) is 20.5. The molecule has 1 aliphatic heterocycles. The van der Waals surface area contributed by atoms with E-state index >= 15 is 0 Å². The largest absolute Gasteiger partial charge is 0.387 e. The van der Waals surface area contributed by atoms with E-state index in [0.29, 0.717) is 27.1 Å². The number of nitrogens with zero attached hydrogens (tertiary/aromatic N) is 3. The van der Waals surface area contributed by atoms with Gasteiger partial charge in [-0.2, -0.15) is 0 Å². The number of aliphatic hydroxyl groups excluding tert-OH is 4. The highest BCUT2D eigenvalue weighted by molar-refractivity contribution is 7.99. The lowest BCUT2D eigenvalue weighted by Crippen LogP contribution is -2.50. The Labute approximate surface area is 182 Å². The number of hydrogen-bond acceptors (Lipinski definition) is 10. The Bertz CT molecular complexity index is 1330. The van der Waals surface area contributed by atoms with E-state index in [1.807, 2.05) is 0 Å².